The van der Waals surface area contributed by atoms with E-state index in [1.165, 1.54) is 4.90 Å². The fraction of sp³-hybridized carbons (Fsp3) is 0.227. The number of ketones is 1. The van der Waals surface area contributed by atoms with Crippen LogP contribution in [0.5, 0.6) is 0 Å². The van der Waals surface area contributed by atoms with E-state index >= 15 is 0 Å². The van der Waals surface area contributed by atoms with Gasteiger partial charge in [-0.15, -0.1) is 0 Å². The second-order valence-corrected chi connectivity index (χ2v) is 8.80. The minimum absolute atomic E-state index is 0.0227. The molecule has 0 saturated carbocycles. The number of hydrogen-bond acceptors (Lipinski definition) is 5. The largest absolute Gasteiger partial charge is 0.355 e. The molecule has 1 atom stereocenters. The number of Topliss-reactive ketones (excluding diaryl/α,β-unsaturated/α-hetero) is 1. The number of pyridine rings is 1. The molecule has 3 N–H and O–H groups in total. The predicted molar refractivity (Wildman–Crippen MR) is 121 cm³/mol. The van der Waals surface area contributed by atoms with E-state index in [0.717, 1.165) is 16.9 Å². The van der Waals surface area contributed by atoms with E-state index in [2.05, 4.69) is 20.6 Å². The number of carbonyl (C=O) groups excluding carboxylic acids is 2. The Morgan fingerprint density at radius 2 is 1.90 bits per heavy atom. The van der Waals surface area contributed by atoms with Crippen molar-refractivity contribution >= 4 is 34.0 Å². The van der Waals surface area contributed by atoms with Gasteiger partial charge >= 0.3 is 6.03 Å². The zero-order valence-corrected chi connectivity index (χ0v) is 17.9. The number of fused-ring (bicyclic) bond motifs is 1. The number of anilines is 2. The molecule has 0 bridgehead atoms. The molecule has 0 aliphatic carbocycles. The Labute approximate surface area is 182 Å². The molecule has 8 nitrogen and oxygen atoms in total. The fourth-order valence-electron chi connectivity index (χ4n) is 3.56. The summed E-state index contributed by atoms with van der Waals surface area (Å²) in [5, 5.41) is 6.11. The summed E-state index contributed by atoms with van der Waals surface area (Å²) in [5.41, 5.74) is 4.45. The Morgan fingerprint density at radius 1 is 1.16 bits per heavy atom. The molecule has 3 aromatic rings. The van der Waals surface area contributed by atoms with Gasteiger partial charge in [0.05, 0.1) is 30.0 Å². The van der Waals surface area contributed by atoms with E-state index in [1.54, 1.807) is 18.6 Å². The van der Waals surface area contributed by atoms with E-state index in [-0.39, 0.29) is 24.9 Å². The monoisotopic (exact) mass is 437 g/mol. The zero-order chi connectivity index (χ0) is 21.8. The van der Waals surface area contributed by atoms with Crippen LogP contribution in [0.25, 0.3) is 11.3 Å². The minimum atomic E-state index is -0.990. The second kappa shape index (κ2) is 9.13. The standard InChI is InChI=1S/C22H23N5O3S/c1-31(30)12-11-24-22(29)27-13-17-19(18(28)14-27)21(25-16-5-3-2-4-6-16)20(26-17)15-7-9-23-10-8-15/h2-10,25-26H,11-14H2,1H3,(H,24,29)/t31-/m0/s1. The van der Waals surface area contributed by atoms with Crippen molar-refractivity contribution in [2.24, 2.45) is 0 Å². The second-order valence-electron chi connectivity index (χ2n) is 7.24. The van der Waals surface area contributed by atoms with Crippen molar-refractivity contribution in [1.82, 2.24) is 20.2 Å². The lowest BCUT2D eigenvalue weighted by molar-refractivity contribution is 0.0919. The molecule has 9 heteroatoms. The third-order valence-corrected chi connectivity index (χ3v) is 5.78. The lowest BCUT2D eigenvalue weighted by Gasteiger charge is -2.26. The Morgan fingerprint density at radius 3 is 2.61 bits per heavy atom. The third-order valence-electron chi connectivity index (χ3n) is 5.01. The van der Waals surface area contributed by atoms with Crippen molar-refractivity contribution in [3.63, 3.8) is 0 Å². The molecule has 1 aromatic carbocycles. The van der Waals surface area contributed by atoms with Gasteiger partial charge in [0.2, 0.25) is 0 Å². The van der Waals surface area contributed by atoms with Crippen LogP contribution >= 0.6 is 0 Å². The van der Waals surface area contributed by atoms with Crippen molar-refractivity contribution < 1.29 is 13.8 Å². The van der Waals surface area contributed by atoms with Crippen LogP contribution in [0.2, 0.25) is 0 Å². The van der Waals surface area contributed by atoms with Crippen LogP contribution in [-0.2, 0) is 17.3 Å². The van der Waals surface area contributed by atoms with Crippen LogP contribution in [0.1, 0.15) is 16.1 Å². The van der Waals surface area contributed by atoms with Gasteiger partial charge in [-0.3, -0.25) is 14.0 Å². The molecule has 3 heterocycles. The number of rotatable bonds is 6. The number of amides is 2. The van der Waals surface area contributed by atoms with Gasteiger partial charge in [-0.25, -0.2) is 4.79 Å². The highest BCUT2D eigenvalue weighted by Gasteiger charge is 2.32. The number of H-pyrrole nitrogens is 1. The number of urea groups is 1. The summed E-state index contributed by atoms with van der Waals surface area (Å²) in [6.45, 7) is 0.551. The summed E-state index contributed by atoms with van der Waals surface area (Å²) < 4.78 is 11.2. The Bertz CT molecular complexity index is 1110. The summed E-state index contributed by atoms with van der Waals surface area (Å²) in [5.74, 6) is 0.226. The van der Waals surface area contributed by atoms with E-state index in [9.17, 15) is 13.8 Å². The van der Waals surface area contributed by atoms with Crippen molar-refractivity contribution in [3.05, 3.63) is 66.1 Å². The average molecular weight is 438 g/mol. The van der Waals surface area contributed by atoms with E-state index < -0.39 is 10.8 Å². The van der Waals surface area contributed by atoms with Crippen LogP contribution in [-0.4, -0.2) is 56.0 Å². The Hall–Kier alpha value is -3.46. The minimum Gasteiger partial charge on any atom is -0.355 e. The summed E-state index contributed by atoms with van der Waals surface area (Å²) >= 11 is 0. The van der Waals surface area contributed by atoms with Gasteiger partial charge in [-0.1, -0.05) is 18.2 Å². The SMILES string of the molecule is C[S@](=O)CCNC(=O)N1CC(=O)c2c([nH]c(-c3ccncc3)c2Nc2ccccc2)C1. The lowest BCUT2D eigenvalue weighted by Crippen LogP contribution is -2.45. The van der Waals surface area contributed by atoms with Gasteiger partial charge < -0.3 is 20.5 Å². The van der Waals surface area contributed by atoms with Crippen molar-refractivity contribution in [1.29, 1.82) is 0 Å². The van der Waals surface area contributed by atoms with Crippen molar-refractivity contribution in [3.8, 4) is 11.3 Å². The first-order chi connectivity index (χ1) is 15.0. The molecule has 160 valence electrons. The first-order valence-corrected chi connectivity index (χ1v) is 11.6. The van der Waals surface area contributed by atoms with Crippen LogP contribution in [0.3, 0.4) is 0 Å². The van der Waals surface area contributed by atoms with Crippen molar-refractivity contribution in [2.45, 2.75) is 6.54 Å². The molecular weight excluding hydrogens is 414 g/mol. The van der Waals surface area contributed by atoms with Gasteiger partial charge in [-0.05, 0) is 24.3 Å². The molecule has 0 saturated heterocycles. The molecule has 1 aliphatic rings. The number of aromatic nitrogens is 2. The highest BCUT2D eigenvalue weighted by atomic mass is 32.2. The summed E-state index contributed by atoms with van der Waals surface area (Å²) in [6.07, 6.45) is 4.98. The van der Waals surface area contributed by atoms with Gasteiger partial charge in [0, 0.05) is 58.7 Å². The number of carbonyl (C=O) groups is 2. The van der Waals surface area contributed by atoms with Crippen molar-refractivity contribution in [2.75, 3.05) is 30.4 Å². The number of hydrogen-bond donors (Lipinski definition) is 3. The van der Waals surface area contributed by atoms with Gasteiger partial charge in [0.1, 0.15) is 0 Å². The molecule has 1 aliphatic heterocycles. The molecule has 2 amide bonds. The maximum Gasteiger partial charge on any atom is 0.318 e. The third kappa shape index (κ3) is 4.66. The lowest BCUT2D eigenvalue weighted by atomic mass is 10.0. The number of aromatic amines is 1. The molecule has 0 spiro atoms. The number of para-hydroxylation sites is 1. The number of nitrogens with one attached hydrogen (secondary N) is 3. The van der Waals surface area contributed by atoms with Crippen LogP contribution in [0, 0.1) is 0 Å². The molecule has 2 aromatic heterocycles. The topological polar surface area (TPSA) is 107 Å². The van der Waals surface area contributed by atoms with E-state index in [0.29, 0.717) is 29.2 Å². The van der Waals surface area contributed by atoms with Gasteiger partial charge in [0.15, 0.2) is 5.78 Å². The van der Waals surface area contributed by atoms with Gasteiger partial charge in [0.25, 0.3) is 0 Å². The van der Waals surface area contributed by atoms with Crippen LogP contribution in [0.15, 0.2) is 54.9 Å². The molecule has 0 unspecified atom stereocenters. The summed E-state index contributed by atoms with van der Waals surface area (Å²) in [7, 11) is -0.990. The first-order valence-electron chi connectivity index (χ1n) is 9.86. The number of benzene rings is 1. The average Bonchev–Trinajstić information content (AvgIpc) is 3.13. The Kier molecular flexibility index (Phi) is 6.13. The normalized spacial score (nSPS) is 14.1. The molecule has 0 fully saturated rings. The highest BCUT2D eigenvalue weighted by molar-refractivity contribution is 7.84. The smallest absolute Gasteiger partial charge is 0.318 e. The summed E-state index contributed by atoms with van der Waals surface area (Å²) in [6, 6.07) is 13.0. The Balaban J connectivity index is 1.66. The first kappa shape index (κ1) is 20.8. The molecule has 0 radical (unpaired) electrons. The van der Waals surface area contributed by atoms with E-state index in [4.69, 9.17) is 0 Å². The highest BCUT2D eigenvalue weighted by Crippen LogP contribution is 2.37. The quantitative estimate of drug-likeness (QED) is 0.550. The molecule has 31 heavy (non-hydrogen) atoms. The van der Waals surface area contributed by atoms with Gasteiger partial charge in [-0.2, -0.15) is 0 Å². The number of nitrogens with zero attached hydrogens (tertiary/aromatic N) is 2. The van der Waals surface area contributed by atoms with E-state index in [1.807, 2.05) is 42.5 Å². The fourth-order valence-corrected chi connectivity index (χ4v) is 3.95. The maximum atomic E-state index is 13.1. The predicted octanol–water partition coefficient (Wildman–Crippen LogP) is 2.91. The van der Waals surface area contributed by atoms with Crippen LogP contribution in [0.4, 0.5) is 16.2 Å². The molecular formula is C22H23N5O3S. The zero-order valence-electron chi connectivity index (χ0n) is 17.1. The maximum absolute atomic E-state index is 13.1. The van der Waals surface area contributed by atoms with Crippen LogP contribution < -0.4 is 10.6 Å². The molecule has 4 rings (SSSR count). The summed E-state index contributed by atoms with van der Waals surface area (Å²) in [4.78, 5) is 34.5.